The molecule has 92 valence electrons. The summed E-state index contributed by atoms with van der Waals surface area (Å²) < 4.78 is 5.25. The van der Waals surface area contributed by atoms with E-state index in [0.717, 1.165) is 11.3 Å². The van der Waals surface area contributed by atoms with Crippen LogP contribution in [0.1, 0.15) is 15.9 Å². The SMILES string of the molecule is CNc1cccc(C(=O)OCc2ccccc2)c1. The first-order chi connectivity index (χ1) is 8.79. The molecule has 0 atom stereocenters. The van der Waals surface area contributed by atoms with Crippen LogP contribution in [0.25, 0.3) is 0 Å². The molecule has 3 heteroatoms. The Kier molecular flexibility index (Phi) is 3.97. The highest BCUT2D eigenvalue weighted by Crippen LogP contribution is 2.12. The maximum atomic E-state index is 11.8. The molecule has 0 spiro atoms. The van der Waals surface area contributed by atoms with Crippen LogP contribution in [0.5, 0.6) is 0 Å². The second kappa shape index (κ2) is 5.87. The summed E-state index contributed by atoms with van der Waals surface area (Å²) in [5.41, 5.74) is 2.43. The van der Waals surface area contributed by atoms with Crippen molar-refractivity contribution in [1.82, 2.24) is 0 Å². The highest BCUT2D eigenvalue weighted by Gasteiger charge is 2.07. The minimum Gasteiger partial charge on any atom is -0.457 e. The van der Waals surface area contributed by atoms with Gasteiger partial charge >= 0.3 is 5.97 Å². The van der Waals surface area contributed by atoms with Gasteiger partial charge in [0.15, 0.2) is 0 Å². The number of benzene rings is 2. The first-order valence-corrected chi connectivity index (χ1v) is 5.78. The summed E-state index contributed by atoms with van der Waals surface area (Å²) in [6, 6.07) is 16.9. The zero-order valence-electron chi connectivity index (χ0n) is 10.2. The molecule has 18 heavy (non-hydrogen) atoms. The highest BCUT2D eigenvalue weighted by molar-refractivity contribution is 5.90. The summed E-state index contributed by atoms with van der Waals surface area (Å²) in [5.74, 6) is -0.309. The molecule has 1 N–H and O–H groups in total. The molecule has 3 nitrogen and oxygen atoms in total. The van der Waals surface area contributed by atoms with E-state index in [4.69, 9.17) is 4.74 Å². The molecule has 0 aromatic heterocycles. The standard InChI is InChI=1S/C15H15NO2/c1-16-14-9-5-8-13(10-14)15(17)18-11-12-6-3-2-4-7-12/h2-10,16H,11H2,1H3. The Bertz CT molecular complexity index is 523. The third-order valence-electron chi connectivity index (χ3n) is 2.60. The van der Waals surface area contributed by atoms with Gasteiger partial charge in [0.25, 0.3) is 0 Å². The molecule has 0 unspecified atom stereocenters. The van der Waals surface area contributed by atoms with Crippen molar-refractivity contribution in [3.63, 3.8) is 0 Å². The average Bonchev–Trinajstić information content (AvgIpc) is 2.46. The second-order valence-electron chi connectivity index (χ2n) is 3.89. The second-order valence-corrected chi connectivity index (χ2v) is 3.89. The van der Waals surface area contributed by atoms with E-state index in [0.29, 0.717) is 12.2 Å². The zero-order valence-corrected chi connectivity index (χ0v) is 10.2. The van der Waals surface area contributed by atoms with Gasteiger partial charge in [0.2, 0.25) is 0 Å². The number of anilines is 1. The molecule has 0 bridgehead atoms. The van der Waals surface area contributed by atoms with Gasteiger partial charge in [0.05, 0.1) is 5.56 Å². The lowest BCUT2D eigenvalue weighted by molar-refractivity contribution is 0.0473. The Morgan fingerprint density at radius 1 is 1.11 bits per heavy atom. The van der Waals surface area contributed by atoms with Crippen molar-refractivity contribution in [2.75, 3.05) is 12.4 Å². The predicted octanol–water partition coefficient (Wildman–Crippen LogP) is 3.09. The van der Waals surface area contributed by atoms with E-state index in [2.05, 4.69) is 5.32 Å². The van der Waals surface area contributed by atoms with Crippen LogP contribution in [-0.4, -0.2) is 13.0 Å². The van der Waals surface area contributed by atoms with Gasteiger partial charge in [-0.1, -0.05) is 36.4 Å². The van der Waals surface area contributed by atoms with Gasteiger partial charge in [0.1, 0.15) is 6.61 Å². The van der Waals surface area contributed by atoms with Crippen LogP contribution in [0.15, 0.2) is 54.6 Å². The van der Waals surface area contributed by atoms with Gasteiger partial charge in [0, 0.05) is 12.7 Å². The third kappa shape index (κ3) is 3.10. The number of carbonyl (C=O) groups excluding carboxylic acids is 1. The first-order valence-electron chi connectivity index (χ1n) is 5.78. The molecule has 2 aromatic rings. The Morgan fingerprint density at radius 3 is 2.61 bits per heavy atom. The van der Waals surface area contributed by atoms with Crippen LogP contribution in [0.2, 0.25) is 0 Å². The summed E-state index contributed by atoms with van der Waals surface area (Å²) in [5, 5.41) is 2.99. The Hall–Kier alpha value is -2.29. The number of hydrogen-bond donors (Lipinski definition) is 1. The van der Waals surface area contributed by atoms with E-state index in [9.17, 15) is 4.79 Å². The van der Waals surface area contributed by atoms with Crippen LogP contribution in [-0.2, 0) is 11.3 Å². The monoisotopic (exact) mass is 241 g/mol. The third-order valence-corrected chi connectivity index (χ3v) is 2.60. The van der Waals surface area contributed by atoms with Crippen LogP contribution in [0.3, 0.4) is 0 Å². The smallest absolute Gasteiger partial charge is 0.338 e. The van der Waals surface area contributed by atoms with Crippen molar-refractivity contribution in [1.29, 1.82) is 0 Å². The number of ether oxygens (including phenoxy) is 1. The molecule has 0 aliphatic rings. The summed E-state index contributed by atoms with van der Waals surface area (Å²) >= 11 is 0. The Labute approximate surface area is 106 Å². The van der Waals surface area contributed by atoms with Crippen molar-refractivity contribution < 1.29 is 9.53 Å². The van der Waals surface area contributed by atoms with E-state index in [-0.39, 0.29) is 5.97 Å². The highest BCUT2D eigenvalue weighted by atomic mass is 16.5. The van der Waals surface area contributed by atoms with E-state index < -0.39 is 0 Å². The van der Waals surface area contributed by atoms with E-state index >= 15 is 0 Å². The molecular formula is C15H15NO2. The molecule has 0 radical (unpaired) electrons. The fourth-order valence-corrected chi connectivity index (χ4v) is 1.61. The minimum absolute atomic E-state index is 0.295. The maximum Gasteiger partial charge on any atom is 0.338 e. The fraction of sp³-hybridized carbons (Fsp3) is 0.133. The van der Waals surface area contributed by atoms with Crippen LogP contribution in [0.4, 0.5) is 5.69 Å². The zero-order chi connectivity index (χ0) is 12.8. The molecule has 0 aliphatic carbocycles. The van der Waals surface area contributed by atoms with Gasteiger partial charge in [-0.2, -0.15) is 0 Å². The quantitative estimate of drug-likeness (QED) is 0.836. The van der Waals surface area contributed by atoms with Crippen LogP contribution >= 0.6 is 0 Å². The Balaban J connectivity index is 1.99. The molecule has 0 saturated carbocycles. The first kappa shape index (κ1) is 12.2. The molecule has 0 aliphatic heterocycles. The van der Waals surface area contributed by atoms with Crippen molar-refractivity contribution in [2.24, 2.45) is 0 Å². The maximum absolute atomic E-state index is 11.8. The normalized spacial score (nSPS) is 9.83. The van der Waals surface area contributed by atoms with Gasteiger partial charge in [-0.25, -0.2) is 4.79 Å². The van der Waals surface area contributed by atoms with Crippen LogP contribution in [0, 0.1) is 0 Å². The van der Waals surface area contributed by atoms with Crippen molar-refractivity contribution >= 4 is 11.7 Å². The number of carbonyl (C=O) groups is 1. The van der Waals surface area contributed by atoms with Gasteiger partial charge < -0.3 is 10.1 Å². The molecule has 0 fully saturated rings. The lowest BCUT2D eigenvalue weighted by Gasteiger charge is -2.06. The topological polar surface area (TPSA) is 38.3 Å². The Morgan fingerprint density at radius 2 is 1.89 bits per heavy atom. The summed E-state index contributed by atoms with van der Waals surface area (Å²) in [7, 11) is 1.81. The van der Waals surface area contributed by atoms with Crippen molar-refractivity contribution in [3.05, 3.63) is 65.7 Å². The lowest BCUT2D eigenvalue weighted by Crippen LogP contribution is -2.05. The molecule has 0 saturated heterocycles. The average molecular weight is 241 g/mol. The van der Waals surface area contributed by atoms with E-state index in [1.807, 2.05) is 49.5 Å². The largest absolute Gasteiger partial charge is 0.457 e. The molecule has 0 amide bonds. The van der Waals surface area contributed by atoms with E-state index in [1.165, 1.54) is 0 Å². The number of rotatable bonds is 4. The van der Waals surface area contributed by atoms with Crippen molar-refractivity contribution in [3.8, 4) is 0 Å². The van der Waals surface area contributed by atoms with Gasteiger partial charge in [-0.3, -0.25) is 0 Å². The molecule has 0 heterocycles. The molecule has 2 rings (SSSR count). The summed E-state index contributed by atoms with van der Waals surface area (Å²) in [6.07, 6.45) is 0. The van der Waals surface area contributed by atoms with Gasteiger partial charge in [-0.05, 0) is 23.8 Å². The number of nitrogens with one attached hydrogen (secondary N) is 1. The van der Waals surface area contributed by atoms with Crippen molar-refractivity contribution in [2.45, 2.75) is 6.61 Å². The summed E-state index contributed by atoms with van der Waals surface area (Å²) in [4.78, 5) is 11.8. The minimum atomic E-state index is -0.309. The fourth-order valence-electron chi connectivity index (χ4n) is 1.61. The molecule has 2 aromatic carbocycles. The van der Waals surface area contributed by atoms with Crippen LogP contribution < -0.4 is 5.32 Å². The summed E-state index contributed by atoms with van der Waals surface area (Å²) in [6.45, 7) is 0.295. The molecular weight excluding hydrogens is 226 g/mol. The predicted molar refractivity (Wildman–Crippen MR) is 71.6 cm³/mol. The van der Waals surface area contributed by atoms with Gasteiger partial charge in [-0.15, -0.1) is 0 Å². The number of esters is 1. The number of hydrogen-bond acceptors (Lipinski definition) is 3. The lowest BCUT2D eigenvalue weighted by atomic mass is 10.2. The van der Waals surface area contributed by atoms with E-state index in [1.54, 1.807) is 12.1 Å².